The first kappa shape index (κ1) is 14.9. The molecule has 1 aliphatic rings. The Hall–Kier alpha value is -1.55. The number of rotatable bonds is 5. The summed E-state index contributed by atoms with van der Waals surface area (Å²) in [5.74, 6) is 0.931. The number of para-hydroxylation sites is 1. The monoisotopic (exact) mass is 277 g/mol. The predicted molar refractivity (Wildman–Crippen MR) is 77.6 cm³/mol. The van der Waals surface area contributed by atoms with E-state index in [9.17, 15) is 9.90 Å². The van der Waals surface area contributed by atoms with E-state index in [4.69, 9.17) is 4.74 Å². The Morgan fingerprint density at radius 2 is 2.10 bits per heavy atom. The Morgan fingerprint density at radius 3 is 2.70 bits per heavy atom. The molecular formula is C16H23NO3. The van der Waals surface area contributed by atoms with Crippen LogP contribution in [-0.2, 0) is 4.79 Å². The van der Waals surface area contributed by atoms with Crippen molar-refractivity contribution in [1.29, 1.82) is 0 Å². The van der Waals surface area contributed by atoms with Crippen molar-refractivity contribution in [1.82, 2.24) is 4.90 Å². The van der Waals surface area contributed by atoms with Gasteiger partial charge in [-0.1, -0.05) is 18.2 Å². The first-order chi connectivity index (χ1) is 9.51. The molecule has 0 bridgehead atoms. The van der Waals surface area contributed by atoms with Gasteiger partial charge in [0, 0.05) is 13.0 Å². The zero-order valence-corrected chi connectivity index (χ0v) is 12.2. The molecule has 1 heterocycles. The van der Waals surface area contributed by atoms with E-state index in [-0.39, 0.29) is 5.91 Å². The molecule has 110 valence electrons. The molecule has 1 atom stereocenters. The number of carbonyl (C=O) groups excluding carboxylic acids is 1. The van der Waals surface area contributed by atoms with Crippen LogP contribution in [0.5, 0.6) is 5.75 Å². The lowest BCUT2D eigenvalue weighted by Gasteiger charge is -2.33. The molecule has 0 aliphatic carbocycles. The standard InChI is InChI=1S/C16H23NO3/c1-16(2)14(18)10-11-17(16)15(19)9-6-12-20-13-7-4-3-5-8-13/h3-5,7-8,14,18H,6,9-12H2,1-2H3. The number of hydrogen-bond donors (Lipinski definition) is 1. The summed E-state index contributed by atoms with van der Waals surface area (Å²) in [6, 6.07) is 9.60. The third-order valence-electron chi connectivity index (χ3n) is 3.99. The highest BCUT2D eigenvalue weighted by molar-refractivity contribution is 5.77. The van der Waals surface area contributed by atoms with Gasteiger partial charge in [-0.25, -0.2) is 0 Å². The number of likely N-dealkylation sites (tertiary alicyclic amines) is 1. The molecule has 1 unspecified atom stereocenters. The summed E-state index contributed by atoms with van der Waals surface area (Å²) in [6.45, 7) is 5.02. The second-order valence-corrected chi connectivity index (χ2v) is 5.77. The summed E-state index contributed by atoms with van der Waals surface area (Å²) in [5.41, 5.74) is -0.447. The van der Waals surface area contributed by atoms with Crippen molar-refractivity contribution in [3.05, 3.63) is 30.3 Å². The van der Waals surface area contributed by atoms with E-state index < -0.39 is 11.6 Å². The molecule has 0 saturated carbocycles. The minimum atomic E-state index is -0.447. The number of nitrogens with zero attached hydrogens (tertiary/aromatic N) is 1. The van der Waals surface area contributed by atoms with Gasteiger partial charge in [-0.3, -0.25) is 4.79 Å². The Balaban J connectivity index is 1.73. The highest BCUT2D eigenvalue weighted by Crippen LogP contribution is 2.29. The third kappa shape index (κ3) is 3.31. The summed E-state index contributed by atoms with van der Waals surface area (Å²) in [6.07, 6.45) is 1.39. The fraction of sp³-hybridized carbons (Fsp3) is 0.562. The summed E-state index contributed by atoms with van der Waals surface area (Å²) < 4.78 is 5.57. The van der Waals surface area contributed by atoms with Crippen molar-refractivity contribution in [2.75, 3.05) is 13.2 Å². The summed E-state index contributed by atoms with van der Waals surface area (Å²) in [5, 5.41) is 9.88. The maximum atomic E-state index is 12.2. The van der Waals surface area contributed by atoms with E-state index >= 15 is 0 Å². The van der Waals surface area contributed by atoms with Crippen molar-refractivity contribution in [2.45, 2.75) is 44.8 Å². The largest absolute Gasteiger partial charge is 0.494 e. The van der Waals surface area contributed by atoms with Gasteiger partial charge in [0.05, 0.1) is 18.2 Å². The second-order valence-electron chi connectivity index (χ2n) is 5.77. The van der Waals surface area contributed by atoms with Crippen LogP contribution >= 0.6 is 0 Å². The zero-order valence-electron chi connectivity index (χ0n) is 12.2. The van der Waals surface area contributed by atoms with Crippen LogP contribution in [0.15, 0.2) is 30.3 Å². The third-order valence-corrected chi connectivity index (χ3v) is 3.99. The lowest BCUT2D eigenvalue weighted by atomic mass is 9.98. The van der Waals surface area contributed by atoms with Gasteiger partial charge in [-0.05, 0) is 38.8 Å². The average molecular weight is 277 g/mol. The number of aliphatic hydroxyl groups is 1. The van der Waals surface area contributed by atoms with Gasteiger partial charge in [0.15, 0.2) is 0 Å². The van der Waals surface area contributed by atoms with Crippen LogP contribution < -0.4 is 4.74 Å². The molecule has 1 N–H and O–H groups in total. The molecule has 1 fully saturated rings. The van der Waals surface area contributed by atoms with Crippen LogP contribution in [0.3, 0.4) is 0 Å². The SMILES string of the molecule is CC1(C)C(O)CCN1C(=O)CCCOc1ccccc1. The van der Waals surface area contributed by atoms with Crippen LogP contribution in [0, 0.1) is 0 Å². The topological polar surface area (TPSA) is 49.8 Å². The van der Waals surface area contributed by atoms with E-state index in [1.807, 2.05) is 44.2 Å². The van der Waals surface area contributed by atoms with Gasteiger partial charge in [-0.15, -0.1) is 0 Å². The van der Waals surface area contributed by atoms with Gasteiger partial charge in [0.25, 0.3) is 0 Å². The highest BCUT2D eigenvalue weighted by Gasteiger charge is 2.42. The highest BCUT2D eigenvalue weighted by atomic mass is 16.5. The van der Waals surface area contributed by atoms with Crippen LogP contribution in [-0.4, -0.2) is 40.7 Å². The lowest BCUT2D eigenvalue weighted by Crippen LogP contribution is -2.48. The van der Waals surface area contributed by atoms with Gasteiger partial charge in [-0.2, -0.15) is 0 Å². The normalized spacial score (nSPS) is 20.9. The average Bonchev–Trinajstić information content (AvgIpc) is 2.70. The fourth-order valence-electron chi connectivity index (χ4n) is 2.58. The maximum absolute atomic E-state index is 12.2. The number of carbonyl (C=O) groups is 1. The first-order valence-electron chi connectivity index (χ1n) is 7.18. The first-order valence-corrected chi connectivity index (χ1v) is 7.18. The number of amides is 1. The smallest absolute Gasteiger partial charge is 0.223 e. The lowest BCUT2D eigenvalue weighted by molar-refractivity contribution is -0.136. The Bertz CT molecular complexity index is 444. The van der Waals surface area contributed by atoms with Crippen molar-refractivity contribution >= 4 is 5.91 Å². The summed E-state index contributed by atoms with van der Waals surface area (Å²) in [4.78, 5) is 14.0. The summed E-state index contributed by atoms with van der Waals surface area (Å²) >= 11 is 0. The minimum Gasteiger partial charge on any atom is -0.494 e. The molecule has 1 aromatic rings. The molecule has 0 radical (unpaired) electrons. The molecule has 4 nitrogen and oxygen atoms in total. The molecule has 1 aliphatic heterocycles. The molecule has 1 saturated heterocycles. The quantitative estimate of drug-likeness (QED) is 0.840. The molecular weight excluding hydrogens is 254 g/mol. The molecule has 0 aromatic heterocycles. The molecule has 0 spiro atoms. The van der Waals surface area contributed by atoms with Crippen LogP contribution in [0.1, 0.15) is 33.1 Å². The Morgan fingerprint density at radius 1 is 1.40 bits per heavy atom. The van der Waals surface area contributed by atoms with Crippen molar-refractivity contribution < 1.29 is 14.6 Å². The van der Waals surface area contributed by atoms with E-state index in [1.54, 1.807) is 4.90 Å². The van der Waals surface area contributed by atoms with E-state index in [2.05, 4.69) is 0 Å². The predicted octanol–water partition coefficient (Wildman–Crippen LogP) is 2.22. The Kier molecular flexibility index (Phi) is 4.65. The number of hydrogen-bond acceptors (Lipinski definition) is 3. The van der Waals surface area contributed by atoms with Crippen molar-refractivity contribution in [2.24, 2.45) is 0 Å². The number of aliphatic hydroxyl groups excluding tert-OH is 1. The number of benzene rings is 1. The van der Waals surface area contributed by atoms with Crippen LogP contribution in [0.4, 0.5) is 0 Å². The van der Waals surface area contributed by atoms with E-state index in [0.717, 1.165) is 5.75 Å². The van der Waals surface area contributed by atoms with Gasteiger partial charge >= 0.3 is 0 Å². The van der Waals surface area contributed by atoms with E-state index in [1.165, 1.54) is 0 Å². The van der Waals surface area contributed by atoms with Gasteiger partial charge < -0.3 is 14.7 Å². The molecule has 1 amide bonds. The number of ether oxygens (including phenoxy) is 1. The van der Waals surface area contributed by atoms with Gasteiger partial charge in [0.2, 0.25) is 5.91 Å². The van der Waals surface area contributed by atoms with Gasteiger partial charge in [0.1, 0.15) is 5.75 Å². The molecule has 4 heteroatoms. The summed E-state index contributed by atoms with van der Waals surface area (Å²) in [7, 11) is 0. The van der Waals surface area contributed by atoms with E-state index in [0.29, 0.717) is 32.4 Å². The maximum Gasteiger partial charge on any atom is 0.223 e. The molecule has 1 aromatic carbocycles. The second kappa shape index (κ2) is 6.27. The van der Waals surface area contributed by atoms with Crippen LogP contribution in [0.2, 0.25) is 0 Å². The molecule has 20 heavy (non-hydrogen) atoms. The zero-order chi connectivity index (χ0) is 14.6. The fourth-order valence-corrected chi connectivity index (χ4v) is 2.58. The minimum absolute atomic E-state index is 0.100. The Labute approximate surface area is 120 Å². The van der Waals surface area contributed by atoms with Crippen molar-refractivity contribution in [3.8, 4) is 5.75 Å². The van der Waals surface area contributed by atoms with Crippen LogP contribution in [0.25, 0.3) is 0 Å². The van der Waals surface area contributed by atoms with Crippen molar-refractivity contribution in [3.63, 3.8) is 0 Å². The molecule has 2 rings (SSSR count).